The minimum Gasteiger partial charge on any atom is -0.327 e. The van der Waals surface area contributed by atoms with Gasteiger partial charge in [0, 0.05) is 18.6 Å². The van der Waals surface area contributed by atoms with Crippen LogP contribution in [-0.4, -0.2) is 24.0 Å². The Kier molecular flexibility index (Phi) is 4.88. The summed E-state index contributed by atoms with van der Waals surface area (Å²) >= 11 is 0. The summed E-state index contributed by atoms with van der Waals surface area (Å²) in [6, 6.07) is 7.06. The Balaban J connectivity index is 2.82. The first-order chi connectivity index (χ1) is 8.21. The fraction of sp³-hybridized carbons (Fsp3) is 0.600. The second kappa shape index (κ2) is 5.81. The van der Waals surface area contributed by atoms with E-state index in [9.17, 15) is 4.39 Å². The number of hydrogen-bond donors (Lipinski definition) is 1. The lowest BCUT2D eigenvalue weighted by Gasteiger charge is -2.40. The first kappa shape index (κ1) is 15.1. The lowest BCUT2D eigenvalue weighted by atomic mass is 9.82. The maximum absolute atomic E-state index is 13.2. The van der Waals surface area contributed by atoms with E-state index in [4.69, 9.17) is 5.73 Å². The van der Waals surface area contributed by atoms with E-state index in [1.54, 1.807) is 12.1 Å². The van der Waals surface area contributed by atoms with Crippen LogP contribution in [0.5, 0.6) is 0 Å². The van der Waals surface area contributed by atoms with Gasteiger partial charge in [0.05, 0.1) is 0 Å². The van der Waals surface area contributed by atoms with Crippen molar-refractivity contribution in [2.24, 2.45) is 11.1 Å². The molecule has 0 radical (unpaired) electrons. The molecule has 0 aromatic heterocycles. The van der Waals surface area contributed by atoms with E-state index in [0.29, 0.717) is 6.54 Å². The van der Waals surface area contributed by atoms with E-state index in [-0.39, 0.29) is 23.3 Å². The molecule has 2 N–H and O–H groups in total. The molecular weight excluding hydrogens is 227 g/mol. The number of rotatable bonds is 4. The summed E-state index contributed by atoms with van der Waals surface area (Å²) in [6.07, 6.45) is 0. The third kappa shape index (κ3) is 4.07. The van der Waals surface area contributed by atoms with Crippen LogP contribution in [0, 0.1) is 11.2 Å². The number of halogens is 1. The number of likely N-dealkylation sites (N-methyl/N-ethyl adjacent to an activating group) is 1. The molecule has 2 unspecified atom stereocenters. The smallest absolute Gasteiger partial charge is 0.123 e. The van der Waals surface area contributed by atoms with Crippen molar-refractivity contribution in [2.75, 3.05) is 7.05 Å². The van der Waals surface area contributed by atoms with Crippen molar-refractivity contribution in [3.05, 3.63) is 35.6 Å². The largest absolute Gasteiger partial charge is 0.327 e. The van der Waals surface area contributed by atoms with Crippen LogP contribution in [-0.2, 0) is 6.54 Å². The van der Waals surface area contributed by atoms with Crippen molar-refractivity contribution in [1.82, 2.24) is 4.90 Å². The third-order valence-corrected chi connectivity index (χ3v) is 3.18. The summed E-state index contributed by atoms with van der Waals surface area (Å²) < 4.78 is 13.2. The molecule has 0 saturated heterocycles. The Bertz CT molecular complexity index is 382. The van der Waals surface area contributed by atoms with E-state index in [0.717, 1.165) is 5.56 Å². The van der Waals surface area contributed by atoms with Crippen LogP contribution in [0.15, 0.2) is 24.3 Å². The van der Waals surface area contributed by atoms with Gasteiger partial charge in [-0.3, -0.25) is 4.90 Å². The molecule has 0 heterocycles. The van der Waals surface area contributed by atoms with Crippen LogP contribution < -0.4 is 5.73 Å². The Morgan fingerprint density at radius 1 is 1.33 bits per heavy atom. The maximum atomic E-state index is 13.2. The quantitative estimate of drug-likeness (QED) is 0.892. The van der Waals surface area contributed by atoms with Crippen LogP contribution in [0.4, 0.5) is 4.39 Å². The zero-order chi connectivity index (χ0) is 13.9. The normalized spacial score (nSPS) is 15.8. The fourth-order valence-electron chi connectivity index (χ4n) is 2.87. The monoisotopic (exact) mass is 252 g/mol. The molecule has 0 fully saturated rings. The highest BCUT2D eigenvalue weighted by molar-refractivity contribution is 5.16. The summed E-state index contributed by atoms with van der Waals surface area (Å²) in [5, 5.41) is 0. The lowest BCUT2D eigenvalue weighted by molar-refractivity contribution is 0.100. The van der Waals surface area contributed by atoms with Crippen LogP contribution in [0.1, 0.15) is 33.3 Å². The van der Waals surface area contributed by atoms with Gasteiger partial charge in [-0.15, -0.1) is 0 Å². The van der Waals surface area contributed by atoms with E-state index in [2.05, 4.69) is 25.7 Å². The Hall–Kier alpha value is -0.930. The molecule has 1 aromatic carbocycles. The predicted octanol–water partition coefficient (Wildman–Crippen LogP) is 3.02. The van der Waals surface area contributed by atoms with E-state index >= 15 is 0 Å². The van der Waals surface area contributed by atoms with Gasteiger partial charge in [-0.25, -0.2) is 4.39 Å². The summed E-state index contributed by atoms with van der Waals surface area (Å²) in [5.41, 5.74) is 7.16. The van der Waals surface area contributed by atoms with E-state index in [1.165, 1.54) is 6.07 Å². The summed E-state index contributed by atoms with van der Waals surface area (Å²) in [7, 11) is 2.05. The molecule has 0 bridgehead atoms. The molecule has 0 aliphatic carbocycles. The zero-order valence-corrected chi connectivity index (χ0v) is 12.1. The second-order valence-electron chi connectivity index (χ2n) is 6.22. The molecule has 2 atom stereocenters. The number of nitrogens with zero attached hydrogens (tertiary/aromatic N) is 1. The van der Waals surface area contributed by atoms with E-state index in [1.807, 2.05) is 20.0 Å². The van der Waals surface area contributed by atoms with Crippen molar-refractivity contribution < 1.29 is 4.39 Å². The summed E-state index contributed by atoms with van der Waals surface area (Å²) in [4.78, 5) is 2.21. The van der Waals surface area contributed by atoms with Crippen molar-refractivity contribution in [3.8, 4) is 0 Å². The molecule has 18 heavy (non-hydrogen) atoms. The molecule has 1 rings (SSSR count). The van der Waals surface area contributed by atoms with Gasteiger partial charge in [0.2, 0.25) is 0 Å². The van der Waals surface area contributed by atoms with Crippen molar-refractivity contribution in [3.63, 3.8) is 0 Å². The molecule has 0 saturated carbocycles. The molecule has 0 aliphatic rings. The maximum Gasteiger partial charge on any atom is 0.123 e. The van der Waals surface area contributed by atoms with Gasteiger partial charge in [0.1, 0.15) is 5.82 Å². The van der Waals surface area contributed by atoms with Crippen LogP contribution in [0.2, 0.25) is 0 Å². The SMILES string of the molecule is CC(N)C(N(C)Cc1cccc(F)c1)C(C)(C)C. The molecule has 2 nitrogen and oxygen atoms in total. The zero-order valence-electron chi connectivity index (χ0n) is 12.1. The van der Waals surface area contributed by atoms with Crippen molar-refractivity contribution in [2.45, 2.75) is 46.3 Å². The van der Waals surface area contributed by atoms with Gasteiger partial charge >= 0.3 is 0 Å². The van der Waals surface area contributed by atoms with Gasteiger partial charge in [-0.2, -0.15) is 0 Å². The molecule has 1 aromatic rings. The third-order valence-electron chi connectivity index (χ3n) is 3.18. The second-order valence-corrected chi connectivity index (χ2v) is 6.22. The van der Waals surface area contributed by atoms with Crippen molar-refractivity contribution in [1.29, 1.82) is 0 Å². The Labute approximate surface area is 110 Å². The summed E-state index contributed by atoms with van der Waals surface area (Å²) in [6.45, 7) is 9.29. The number of hydrogen-bond acceptors (Lipinski definition) is 2. The van der Waals surface area contributed by atoms with E-state index < -0.39 is 0 Å². The minimum atomic E-state index is -0.186. The molecule has 102 valence electrons. The topological polar surface area (TPSA) is 29.3 Å². The molecule has 0 amide bonds. The first-order valence-corrected chi connectivity index (χ1v) is 6.42. The standard InChI is InChI=1S/C15H25FN2/c1-11(17)14(15(2,3)4)18(5)10-12-7-6-8-13(16)9-12/h6-9,11,14H,10,17H2,1-5H3. The van der Waals surface area contributed by atoms with Gasteiger partial charge in [0.15, 0.2) is 0 Å². The molecule has 0 spiro atoms. The first-order valence-electron chi connectivity index (χ1n) is 6.42. The average molecular weight is 252 g/mol. The fourth-order valence-corrected chi connectivity index (χ4v) is 2.87. The highest BCUT2D eigenvalue weighted by atomic mass is 19.1. The van der Waals surface area contributed by atoms with Gasteiger partial charge in [0.25, 0.3) is 0 Å². The Morgan fingerprint density at radius 2 is 1.94 bits per heavy atom. The number of nitrogens with two attached hydrogens (primary N) is 1. The highest BCUT2D eigenvalue weighted by Crippen LogP contribution is 2.26. The number of benzene rings is 1. The van der Waals surface area contributed by atoms with Crippen molar-refractivity contribution >= 4 is 0 Å². The van der Waals surface area contributed by atoms with Gasteiger partial charge in [-0.05, 0) is 37.1 Å². The van der Waals surface area contributed by atoms with Gasteiger partial charge in [-0.1, -0.05) is 32.9 Å². The van der Waals surface area contributed by atoms with Crippen LogP contribution in [0.3, 0.4) is 0 Å². The van der Waals surface area contributed by atoms with Gasteiger partial charge < -0.3 is 5.73 Å². The highest BCUT2D eigenvalue weighted by Gasteiger charge is 2.31. The Morgan fingerprint density at radius 3 is 2.39 bits per heavy atom. The summed E-state index contributed by atoms with van der Waals surface area (Å²) in [5.74, 6) is -0.186. The molecular formula is C15H25FN2. The average Bonchev–Trinajstić information content (AvgIpc) is 2.13. The predicted molar refractivity (Wildman–Crippen MR) is 74.8 cm³/mol. The lowest BCUT2D eigenvalue weighted by Crippen LogP contribution is -2.51. The van der Waals surface area contributed by atoms with Crippen LogP contribution >= 0.6 is 0 Å². The molecule has 0 aliphatic heterocycles. The van der Waals surface area contributed by atoms with Crippen LogP contribution in [0.25, 0.3) is 0 Å². The molecule has 3 heteroatoms. The minimum absolute atomic E-state index is 0.0727.